The Balaban J connectivity index is 2.91. The Bertz CT molecular complexity index is 233. The van der Waals surface area contributed by atoms with Crippen LogP contribution in [0.25, 0.3) is 0 Å². The summed E-state index contributed by atoms with van der Waals surface area (Å²) < 4.78 is 0. The lowest BCUT2D eigenvalue weighted by molar-refractivity contribution is 1.04. The van der Waals surface area contributed by atoms with Gasteiger partial charge in [0.2, 0.25) is 0 Å². The first-order valence-electron chi connectivity index (χ1n) is 3.71. The van der Waals surface area contributed by atoms with Crippen molar-refractivity contribution in [2.75, 3.05) is 0 Å². The van der Waals surface area contributed by atoms with Crippen molar-refractivity contribution >= 4 is 12.6 Å². The van der Waals surface area contributed by atoms with Gasteiger partial charge >= 0.3 is 0 Å². The second-order valence-electron chi connectivity index (χ2n) is 2.63. The van der Waals surface area contributed by atoms with Gasteiger partial charge in [0.15, 0.2) is 0 Å². The number of hydrogen-bond acceptors (Lipinski definition) is 2. The molecule has 0 aliphatic heterocycles. The molecular formula is C9H13NS. The molecule has 0 saturated heterocycles. The summed E-state index contributed by atoms with van der Waals surface area (Å²) in [7, 11) is 0. The zero-order chi connectivity index (χ0) is 8.27. The van der Waals surface area contributed by atoms with Crippen LogP contribution in [0.5, 0.6) is 0 Å². The predicted octanol–water partition coefficient (Wildman–Crippen LogP) is 2.14. The molecule has 60 valence electrons. The van der Waals surface area contributed by atoms with Gasteiger partial charge in [-0.05, 0) is 18.1 Å². The van der Waals surface area contributed by atoms with Gasteiger partial charge in [0.25, 0.3) is 0 Å². The fraction of sp³-hybridized carbons (Fsp3) is 0.333. The van der Waals surface area contributed by atoms with E-state index in [1.54, 1.807) is 0 Å². The highest BCUT2D eigenvalue weighted by molar-refractivity contribution is 7.80. The number of hydrogen-bond donors (Lipinski definition) is 2. The standard InChI is InChI=1S/C9H13NS/c1-7(11)9-4-2-3-8(5-9)6-10/h2-5,7,11H,6,10H2,1H3. The van der Waals surface area contributed by atoms with Gasteiger partial charge in [-0.15, -0.1) is 0 Å². The van der Waals surface area contributed by atoms with Gasteiger partial charge < -0.3 is 5.73 Å². The molecule has 2 N–H and O–H groups in total. The van der Waals surface area contributed by atoms with Crippen molar-refractivity contribution in [3.05, 3.63) is 35.4 Å². The molecule has 0 aliphatic rings. The third-order valence-corrected chi connectivity index (χ3v) is 1.97. The highest BCUT2D eigenvalue weighted by Crippen LogP contribution is 2.19. The van der Waals surface area contributed by atoms with E-state index in [1.807, 2.05) is 12.1 Å². The molecule has 0 amide bonds. The molecule has 1 atom stereocenters. The van der Waals surface area contributed by atoms with Crippen molar-refractivity contribution in [1.82, 2.24) is 0 Å². The average Bonchev–Trinajstić information content (AvgIpc) is 2.05. The van der Waals surface area contributed by atoms with Crippen LogP contribution in [0, 0.1) is 0 Å². The summed E-state index contributed by atoms with van der Waals surface area (Å²) >= 11 is 4.33. The zero-order valence-electron chi connectivity index (χ0n) is 6.62. The summed E-state index contributed by atoms with van der Waals surface area (Å²) in [6, 6.07) is 8.21. The molecule has 0 radical (unpaired) electrons. The molecule has 0 fully saturated rings. The van der Waals surface area contributed by atoms with E-state index >= 15 is 0 Å². The summed E-state index contributed by atoms with van der Waals surface area (Å²) in [5, 5.41) is 0.293. The Morgan fingerprint density at radius 1 is 1.55 bits per heavy atom. The lowest BCUT2D eigenvalue weighted by Gasteiger charge is -2.05. The molecule has 1 nitrogen and oxygen atoms in total. The molecule has 2 heteroatoms. The highest BCUT2D eigenvalue weighted by Gasteiger charge is 1.98. The molecule has 0 saturated carbocycles. The maximum atomic E-state index is 5.49. The Labute approximate surface area is 73.0 Å². The Morgan fingerprint density at radius 3 is 2.82 bits per heavy atom. The molecule has 1 unspecified atom stereocenters. The minimum absolute atomic E-state index is 0.293. The van der Waals surface area contributed by atoms with E-state index in [2.05, 4.69) is 31.7 Å². The van der Waals surface area contributed by atoms with E-state index < -0.39 is 0 Å². The minimum atomic E-state index is 0.293. The van der Waals surface area contributed by atoms with E-state index in [0.717, 1.165) is 0 Å². The van der Waals surface area contributed by atoms with Crippen LogP contribution in [0.15, 0.2) is 24.3 Å². The Hall–Kier alpha value is -0.470. The van der Waals surface area contributed by atoms with Crippen molar-refractivity contribution in [2.45, 2.75) is 18.7 Å². The fourth-order valence-corrected chi connectivity index (χ4v) is 1.14. The molecule has 0 bridgehead atoms. The first-order chi connectivity index (χ1) is 5.24. The van der Waals surface area contributed by atoms with E-state index in [4.69, 9.17) is 5.73 Å². The number of rotatable bonds is 2. The molecule has 0 aliphatic carbocycles. The van der Waals surface area contributed by atoms with Gasteiger partial charge in [0.05, 0.1) is 0 Å². The number of benzene rings is 1. The van der Waals surface area contributed by atoms with Crippen LogP contribution in [-0.2, 0) is 6.54 Å². The summed E-state index contributed by atoms with van der Waals surface area (Å²) in [6.07, 6.45) is 0. The van der Waals surface area contributed by atoms with Crippen molar-refractivity contribution in [1.29, 1.82) is 0 Å². The Morgan fingerprint density at radius 2 is 2.27 bits per heavy atom. The zero-order valence-corrected chi connectivity index (χ0v) is 7.51. The Kier molecular flexibility index (Phi) is 2.97. The van der Waals surface area contributed by atoms with Crippen LogP contribution in [0.2, 0.25) is 0 Å². The summed E-state index contributed by atoms with van der Waals surface area (Å²) in [5.74, 6) is 0. The maximum absolute atomic E-state index is 5.49. The van der Waals surface area contributed by atoms with Gasteiger partial charge in [-0.2, -0.15) is 12.6 Å². The summed E-state index contributed by atoms with van der Waals surface area (Å²) in [4.78, 5) is 0. The van der Waals surface area contributed by atoms with Gasteiger partial charge in [-0.3, -0.25) is 0 Å². The van der Waals surface area contributed by atoms with Crippen molar-refractivity contribution < 1.29 is 0 Å². The van der Waals surface area contributed by atoms with Crippen LogP contribution < -0.4 is 5.73 Å². The highest BCUT2D eigenvalue weighted by atomic mass is 32.1. The van der Waals surface area contributed by atoms with Crippen LogP contribution in [0.4, 0.5) is 0 Å². The average molecular weight is 167 g/mol. The molecule has 1 rings (SSSR count). The van der Waals surface area contributed by atoms with Crippen LogP contribution in [0.1, 0.15) is 23.3 Å². The smallest absolute Gasteiger partial charge is 0.0238 e. The van der Waals surface area contributed by atoms with Crippen LogP contribution in [0.3, 0.4) is 0 Å². The lowest BCUT2D eigenvalue weighted by Crippen LogP contribution is -1.96. The fourth-order valence-electron chi connectivity index (χ4n) is 0.980. The van der Waals surface area contributed by atoms with Crippen molar-refractivity contribution in [2.24, 2.45) is 5.73 Å². The second-order valence-corrected chi connectivity index (χ2v) is 3.40. The third kappa shape index (κ3) is 2.24. The van der Waals surface area contributed by atoms with Crippen LogP contribution >= 0.6 is 12.6 Å². The van der Waals surface area contributed by atoms with E-state index in [1.165, 1.54) is 11.1 Å². The largest absolute Gasteiger partial charge is 0.326 e. The lowest BCUT2D eigenvalue weighted by atomic mass is 10.1. The normalized spacial score (nSPS) is 13.0. The topological polar surface area (TPSA) is 26.0 Å². The van der Waals surface area contributed by atoms with Crippen LogP contribution in [-0.4, -0.2) is 0 Å². The predicted molar refractivity (Wildman–Crippen MR) is 51.7 cm³/mol. The molecule has 11 heavy (non-hydrogen) atoms. The quantitative estimate of drug-likeness (QED) is 0.648. The summed E-state index contributed by atoms with van der Waals surface area (Å²) in [6.45, 7) is 2.66. The van der Waals surface area contributed by atoms with E-state index in [0.29, 0.717) is 11.8 Å². The molecule has 1 aromatic rings. The summed E-state index contributed by atoms with van der Waals surface area (Å²) in [5.41, 5.74) is 7.90. The molecule has 0 spiro atoms. The van der Waals surface area contributed by atoms with Gasteiger partial charge in [0.1, 0.15) is 0 Å². The molecule has 0 aromatic heterocycles. The van der Waals surface area contributed by atoms with E-state index in [9.17, 15) is 0 Å². The van der Waals surface area contributed by atoms with E-state index in [-0.39, 0.29) is 0 Å². The molecule has 1 aromatic carbocycles. The SMILES string of the molecule is CC(S)c1cccc(CN)c1. The van der Waals surface area contributed by atoms with Crippen molar-refractivity contribution in [3.8, 4) is 0 Å². The number of thiol groups is 1. The third-order valence-electron chi connectivity index (χ3n) is 1.67. The molecule has 0 heterocycles. The minimum Gasteiger partial charge on any atom is -0.326 e. The maximum Gasteiger partial charge on any atom is 0.0238 e. The molecular weight excluding hydrogens is 154 g/mol. The van der Waals surface area contributed by atoms with Gasteiger partial charge in [0, 0.05) is 11.8 Å². The monoisotopic (exact) mass is 167 g/mol. The number of nitrogens with two attached hydrogens (primary N) is 1. The second kappa shape index (κ2) is 3.79. The van der Waals surface area contributed by atoms with Gasteiger partial charge in [-0.25, -0.2) is 0 Å². The first kappa shape index (κ1) is 8.62. The van der Waals surface area contributed by atoms with Gasteiger partial charge in [-0.1, -0.05) is 24.3 Å². The van der Waals surface area contributed by atoms with Crippen molar-refractivity contribution in [3.63, 3.8) is 0 Å². The first-order valence-corrected chi connectivity index (χ1v) is 4.22.